The number of hydrogen-bond donors (Lipinski definition) is 0. The van der Waals surface area contributed by atoms with Crippen molar-refractivity contribution in [2.24, 2.45) is 0 Å². The Morgan fingerprint density at radius 1 is 0.339 bits per heavy atom. The van der Waals surface area contributed by atoms with Crippen molar-refractivity contribution in [3.05, 3.63) is 47.6 Å². The Morgan fingerprint density at radius 2 is 0.536 bits per heavy atom. The van der Waals surface area contributed by atoms with Gasteiger partial charge < -0.3 is 39.6 Å². The van der Waals surface area contributed by atoms with E-state index in [1.54, 1.807) is 12.2 Å². The van der Waals surface area contributed by atoms with Crippen LogP contribution in [0.15, 0.2) is 47.6 Å². The molecule has 10 heteroatoms. The van der Waals surface area contributed by atoms with Gasteiger partial charge in [-0.15, -0.1) is 0 Å². The molecule has 0 amide bonds. The molecule has 0 heterocycles. The summed E-state index contributed by atoms with van der Waals surface area (Å²) in [5.74, 6) is -6.03. The number of rotatable bonds is 38. The van der Waals surface area contributed by atoms with Crippen LogP contribution in [0.1, 0.15) is 219 Å². The van der Waals surface area contributed by atoms with Crippen LogP contribution in [0.25, 0.3) is 0 Å². The zero-order valence-corrected chi connectivity index (χ0v) is 38.6. The van der Waals surface area contributed by atoms with Crippen LogP contribution < -0.4 is 20.4 Å². The number of carbonyl (C=O) groups excluding carboxylic acids is 4. The molecule has 0 N–H and O–H groups in total. The van der Waals surface area contributed by atoms with Gasteiger partial charge in [-0.1, -0.05) is 218 Å². The topological polar surface area (TPSA) is 161 Å². The minimum Gasteiger partial charge on any atom is -0.545 e. The number of hydrogen-bond acceptors (Lipinski definition) is 8. The first kappa shape index (κ1) is 61.0. The third-order valence-corrected chi connectivity index (χ3v) is 9.56. The molecule has 0 saturated heterocycles. The molecule has 0 bridgehead atoms. The number of carboxylic acids is 4. The molecule has 56 heavy (non-hydrogen) atoms. The molecule has 0 unspecified atom stereocenters. The fourth-order valence-electron chi connectivity index (χ4n) is 6.29. The van der Waals surface area contributed by atoms with Crippen molar-refractivity contribution in [2.45, 2.75) is 219 Å². The number of aliphatic carboxylic acids is 4. The van der Waals surface area contributed by atoms with E-state index >= 15 is 0 Å². The molecule has 0 fully saturated rings. The van der Waals surface area contributed by atoms with E-state index in [1.165, 1.54) is 179 Å². The molecule has 8 nitrogen and oxygen atoms in total. The second-order valence-electron chi connectivity index (χ2n) is 14.7. The molecular formula is C46H76Mg2O8. The van der Waals surface area contributed by atoms with Gasteiger partial charge >= 0.3 is 46.1 Å². The first-order valence-electron chi connectivity index (χ1n) is 21.8. The average molecular weight is 806 g/mol. The SMILES string of the molecule is CCCCCCCCCCCCCCCCC/C=C/C(=C/C(=O)[O-])C(=O)[O-].CCCCCCCCCCCCCCCCC/C=C/C(=C/C(=O)[O-])C(=O)[O-].[Mg+2].[Mg+2]. The minimum atomic E-state index is -1.52. The van der Waals surface area contributed by atoms with E-state index in [1.807, 2.05) is 0 Å². The Labute approximate surface area is 374 Å². The monoisotopic (exact) mass is 805 g/mol. The van der Waals surface area contributed by atoms with Crippen LogP contribution in [-0.4, -0.2) is 70.0 Å². The zero-order chi connectivity index (χ0) is 40.3. The summed E-state index contributed by atoms with van der Waals surface area (Å²) < 4.78 is 0. The first-order valence-corrected chi connectivity index (χ1v) is 21.8. The molecule has 0 aliphatic carbocycles. The van der Waals surface area contributed by atoms with Gasteiger partial charge in [0.2, 0.25) is 0 Å². The van der Waals surface area contributed by atoms with E-state index in [2.05, 4.69) is 13.8 Å². The maximum absolute atomic E-state index is 10.7. The molecule has 0 aromatic carbocycles. The number of allylic oxidation sites excluding steroid dienone is 2. The second-order valence-corrected chi connectivity index (χ2v) is 14.7. The predicted molar refractivity (Wildman–Crippen MR) is 225 cm³/mol. The van der Waals surface area contributed by atoms with Crippen LogP contribution in [0, 0.1) is 0 Å². The fourth-order valence-corrected chi connectivity index (χ4v) is 6.29. The number of carbonyl (C=O) groups is 4. The summed E-state index contributed by atoms with van der Waals surface area (Å²) >= 11 is 0. The van der Waals surface area contributed by atoms with Crippen LogP contribution in [0.5, 0.6) is 0 Å². The van der Waals surface area contributed by atoms with Crippen LogP contribution >= 0.6 is 0 Å². The van der Waals surface area contributed by atoms with Gasteiger partial charge in [0, 0.05) is 0 Å². The Kier molecular flexibility index (Phi) is 54.0. The number of carboxylic acid groups (broad SMARTS) is 4. The van der Waals surface area contributed by atoms with E-state index < -0.39 is 23.9 Å². The largest absolute Gasteiger partial charge is 2.00 e. The molecule has 0 saturated carbocycles. The molecule has 0 aromatic heterocycles. The van der Waals surface area contributed by atoms with Crippen molar-refractivity contribution in [1.82, 2.24) is 0 Å². The standard InChI is InChI=1S/2C23H40O4.2Mg/c2*1-2-3-4-5-6-7-8-9-10-11-12-13-14-15-16-17-18-19-21(23(26)27)20-22(24)25;;/h2*18-20H,2-17H2,1H3,(H,24,25)(H,26,27);;/q;;2*+2/p-4/b2*19-18+,21-20-;;. The maximum atomic E-state index is 10.7. The molecule has 0 spiro atoms. The van der Waals surface area contributed by atoms with Crippen molar-refractivity contribution in [2.75, 3.05) is 0 Å². The van der Waals surface area contributed by atoms with Crippen LogP contribution in [0.3, 0.4) is 0 Å². The van der Waals surface area contributed by atoms with E-state index in [0.717, 1.165) is 38.5 Å². The molecular weight excluding hydrogens is 729 g/mol. The summed E-state index contributed by atoms with van der Waals surface area (Å²) in [6.45, 7) is 4.51. The Hall–Kier alpha value is -1.63. The summed E-state index contributed by atoms with van der Waals surface area (Å²) in [5, 5.41) is 42.2. The van der Waals surface area contributed by atoms with Crippen LogP contribution in [0.2, 0.25) is 0 Å². The summed E-state index contributed by atoms with van der Waals surface area (Å²) in [4.78, 5) is 42.2. The smallest absolute Gasteiger partial charge is 0.545 e. The molecule has 0 aliphatic rings. The van der Waals surface area contributed by atoms with E-state index in [4.69, 9.17) is 0 Å². The minimum absolute atomic E-state index is 0. The van der Waals surface area contributed by atoms with Gasteiger partial charge in [0.05, 0.1) is 23.9 Å². The molecule has 0 aromatic rings. The van der Waals surface area contributed by atoms with Gasteiger partial charge in [-0.2, -0.15) is 0 Å². The summed E-state index contributed by atoms with van der Waals surface area (Å²) in [6, 6.07) is 0. The van der Waals surface area contributed by atoms with Crippen molar-refractivity contribution in [3.63, 3.8) is 0 Å². The normalized spacial score (nSPS) is 11.5. The van der Waals surface area contributed by atoms with E-state index in [9.17, 15) is 39.6 Å². The van der Waals surface area contributed by atoms with Gasteiger partial charge in [0.1, 0.15) is 0 Å². The summed E-state index contributed by atoms with van der Waals surface area (Å²) in [7, 11) is 0. The molecule has 0 rings (SSSR count). The van der Waals surface area contributed by atoms with E-state index in [-0.39, 0.29) is 57.3 Å². The molecule has 0 atom stereocenters. The van der Waals surface area contributed by atoms with Crippen molar-refractivity contribution in [1.29, 1.82) is 0 Å². The van der Waals surface area contributed by atoms with Gasteiger partial charge in [0.15, 0.2) is 0 Å². The Morgan fingerprint density at radius 3 is 0.714 bits per heavy atom. The zero-order valence-electron chi connectivity index (χ0n) is 35.8. The van der Waals surface area contributed by atoms with Crippen LogP contribution in [0.4, 0.5) is 0 Å². The fraction of sp³-hybridized carbons (Fsp3) is 0.739. The Balaban J connectivity index is -0.000000466. The van der Waals surface area contributed by atoms with Gasteiger partial charge in [-0.05, 0) is 49.0 Å². The van der Waals surface area contributed by atoms with Crippen LogP contribution in [-0.2, 0) is 19.2 Å². The number of unbranched alkanes of at least 4 members (excludes halogenated alkanes) is 30. The third kappa shape index (κ3) is 50.4. The van der Waals surface area contributed by atoms with Crippen molar-refractivity contribution >= 4 is 70.0 Å². The van der Waals surface area contributed by atoms with Crippen molar-refractivity contribution in [3.8, 4) is 0 Å². The second kappa shape index (κ2) is 49.5. The predicted octanol–water partition coefficient (Wildman–Crippen LogP) is 7.70. The maximum Gasteiger partial charge on any atom is 2.00 e. The van der Waals surface area contributed by atoms with Gasteiger partial charge in [-0.3, -0.25) is 0 Å². The Bertz CT molecular complexity index is 970. The molecule has 0 radical (unpaired) electrons. The molecule has 312 valence electrons. The first-order chi connectivity index (χ1) is 26.1. The average Bonchev–Trinajstić information content (AvgIpc) is 3.13. The van der Waals surface area contributed by atoms with Gasteiger partial charge in [-0.25, -0.2) is 0 Å². The van der Waals surface area contributed by atoms with Gasteiger partial charge in [0.25, 0.3) is 0 Å². The summed E-state index contributed by atoms with van der Waals surface area (Å²) in [6.07, 6.45) is 47.8. The quantitative estimate of drug-likeness (QED) is 0.0266. The van der Waals surface area contributed by atoms with E-state index in [0.29, 0.717) is 12.2 Å². The third-order valence-electron chi connectivity index (χ3n) is 9.56. The van der Waals surface area contributed by atoms with Crippen molar-refractivity contribution < 1.29 is 39.6 Å². The summed E-state index contributed by atoms with van der Waals surface area (Å²) in [5.41, 5.74) is -0.702. The molecule has 0 aliphatic heterocycles.